The van der Waals surface area contributed by atoms with E-state index in [0.717, 1.165) is 23.8 Å². The molecule has 1 amide bonds. The molecule has 2 aromatic carbocycles. The molecule has 2 aromatic rings. The lowest BCUT2D eigenvalue weighted by Gasteiger charge is -2.12. The molecule has 0 radical (unpaired) electrons. The van der Waals surface area contributed by atoms with Gasteiger partial charge < -0.3 is 5.32 Å². The predicted octanol–water partition coefficient (Wildman–Crippen LogP) is 3.16. The number of carbonyl (C=O) groups excluding carboxylic acids is 1. The van der Waals surface area contributed by atoms with Crippen LogP contribution < -0.4 is 5.32 Å². The summed E-state index contributed by atoms with van der Waals surface area (Å²) in [6.45, 7) is 4.06. The van der Waals surface area contributed by atoms with Crippen LogP contribution in [0, 0.1) is 5.82 Å². The van der Waals surface area contributed by atoms with Crippen LogP contribution in [-0.4, -0.2) is 39.5 Å². The van der Waals surface area contributed by atoms with Crippen molar-refractivity contribution in [2.75, 3.05) is 16.8 Å². The fraction of sp³-hybridized carbons (Fsp3) is 0.350. The van der Waals surface area contributed by atoms with Gasteiger partial charge in [0.25, 0.3) is 5.91 Å². The quantitative estimate of drug-likeness (QED) is 0.722. The molecular weight excluding hydrogens is 417 g/mol. The summed E-state index contributed by atoms with van der Waals surface area (Å²) in [5.41, 5.74) is 1.11. The highest BCUT2D eigenvalue weighted by Crippen LogP contribution is 2.27. The smallest absolute Gasteiger partial charge is 0.258 e. The summed E-state index contributed by atoms with van der Waals surface area (Å²) in [5.74, 6) is -1.98. The summed E-state index contributed by atoms with van der Waals surface area (Å²) in [4.78, 5) is 12.3. The first-order chi connectivity index (χ1) is 13.5. The Morgan fingerprint density at radius 2 is 1.79 bits per heavy atom. The zero-order valence-electron chi connectivity index (χ0n) is 16.1. The van der Waals surface area contributed by atoms with Gasteiger partial charge in [0, 0.05) is 5.69 Å². The van der Waals surface area contributed by atoms with Gasteiger partial charge in [0.15, 0.2) is 19.7 Å². The molecule has 0 unspecified atom stereocenters. The summed E-state index contributed by atoms with van der Waals surface area (Å²) in [5, 5.41) is 1.47. The van der Waals surface area contributed by atoms with Gasteiger partial charge in [-0.25, -0.2) is 21.2 Å². The van der Waals surface area contributed by atoms with Crippen molar-refractivity contribution in [3.05, 3.63) is 59.4 Å². The number of nitrogens with one attached hydrogen (secondary N) is 1. The molecule has 1 aliphatic heterocycles. The molecule has 1 heterocycles. The van der Waals surface area contributed by atoms with E-state index in [4.69, 9.17) is 0 Å². The van der Waals surface area contributed by atoms with Gasteiger partial charge >= 0.3 is 0 Å². The Bertz CT molecular complexity index is 1140. The second kappa shape index (κ2) is 7.87. The van der Waals surface area contributed by atoms with E-state index in [9.17, 15) is 26.0 Å². The van der Waals surface area contributed by atoms with Gasteiger partial charge in [0.2, 0.25) is 0 Å². The lowest BCUT2D eigenvalue weighted by Crippen LogP contribution is -2.23. The zero-order chi connectivity index (χ0) is 21.4. The molecule has 1 N–H and O–H groups in total. The second-order valence-electron chi connectivity index (χ2n) is 7.44. The van der Waals surface area contributed by atoms with Crippen LogP contribution in [0.25, 0.3) is 0 Å². The summed E-state index contributed by atoms with van der Waals surface area (Å²) < 4.78 is 63.0. The van der Waals surface area contributed by atoms with Crippen molar-refractivity contribution in [2.24, 2.45) is 0 Å². The largest absolute Gasteiger partial charge is 0.322 e. The molecule has 6 nitrogen and oxygen atoms in total. The number of rotatable bonds is 5. The highest BCUT2D eigenvalue weighted by Gasteiger charge is 2.38. The molecule has 1 atom stereocenters. The fourth-order valence-electron chi connectivity index (χ4n) is 3.20. The van der Waals surface area contributed by atoms with Gasteiger partial charge in [-0.3, -0.25) is 4.79 Å². The molecule has 156 valence electrons. The third kappa shape index (κ3) is 4.67. The van der Waals surface area contributed by atoms with Crippen LogP contribution in [-0.2, 0) is 19.7 Å². The molecule has 1 fully saturated rings. The van der Waals surface area contributed by atoms with Crippen LogP contribution in [0.3, 0.4) is 0 Å². The van der Waals surface area contributed by atoms with E-state index < -0.39 is 48.0 Å². The van der Waals surface area contributed by atoms with Gasteiger partial charge in [0.1, 0.15) is 5.82 Å². The van der Waals surface area contributed by atoms with E-state index in [2.05, 4.69) is 5.32 Å². The maximum absolute atomic E-state index is 14.2. The molecule has 0 aromatic heterocycles. The number of sulfone groups is 2. The molecule has 1 aliphatic rings. The van der Waals surface area contributed by atoms with Crippen molar-refractivity contribution >= 4 is 31.3 Å². The summed E-state index contributed by atoms with van der Waals surface area (Å²) >= 11 is 0. The molecule has 29 heavy (non-hydrogen) atoms. The van der Waals surface area contributed by atoms with Crippen molar-refractivity contribution < 1.29 is 26.0 Å². The minimum Gasteiger partial charge on any atom is -0.322 e. The molecule has 0 aliphatic carbocycles. The molecular formula is C20H22FNO5S2. The van der Waals surface area contributed by atoms with Crippen molar-refractivity contribution in [3.63, 3.8) is 0 Å². The maximum Gasteiger partial charge on any atom is 0.258 e. The fourth-order valence-corrected chi connectivity index (χ4v) is 7.59. The van der Waals surface area contributed by atoms with Crippen LogP contribution >= 0.6 is 0 Å². The SMILES string of the molecule is CC(C)c1ccc(NC(=O)c2cc(S(=O)(=O)[C@H]3CCS(=O)(=O)C3)ccc2F)cc1. The number of benzene rings is 2. The minimum absolute atomic E-state index is 0.00816. The summed E-state index contributed by atoms with van der Waals surface area (Å²) in [7, 11) is -7.40. The Balaban J connectivity index is 1.86. The lowest BCUT2D eigenvalue weighted by molar-refractivity contribution is 0.102. The summed E-state index contributed by atoms with van der Waals surface area (Å²) in [6.07, 6.45) is -0.00816. The average molecular weight is 440 g/mol. The van der Waals surface area contributed by atoms with E-state index >= 15 is 0 Å². The molecule has 3 rings (SSSR count). The molecule has 1 saturated heterocycles. The number of carbonyl (C=O) groups is 1. The van der Waals surface area contributed by atoms with Crippen LogP contribution in [0.1, 0.15) is 42.1 Å². The Kier molecular flexibility index (Phi) is 5.82. The highest BCUT2D eigenvalue weighted by molar-refractivity contribution is 7.96. The van der Waals surface area contributed by atoms with E-state index in [0.29, 0.717) is 11.6 Å². The van der Waals surface area contributed by atoms with E-state index in [1.54, 1.807) is 12.1 Å². The van der Waals surface area contributed by atoms with Gasteiger partial charge in [-0.1, -0.05) is 26.0 Å². The van der Waals surface area contributed by atoms with Crippen molar-refractivity contribution in [1.82, 2.24) is 0 Å². The Morgan fingerprint density at radius 1 is 1.14 bits per heavy atom. The topological polar surface area (TPSA) is 97.4 Å². The first-order valence-electron chi connectivity index (χ1n) is 9.15. The van der Waals surface area contributed by atoms with Gasteiger partial charge in [-0.15, -0.1) is 0 Å². The number of hydrogen-bond acceptors (Lipinski definition) is 5. The van der Waals surface area contributed by atoms with Crippen molar-refractivity contribution in [1.29, 1.82) is 0 Å². The molecule has 9 heteroatoms. The number of anilines is 1. The van der Waals surface area contributed by atoms with Crippen LogP contribution in [0.4, 0.5) is 10.1 Å². The summed E-state index contributed by atoms with van der Waals surface area (Å²) in [6, 6.07) is 10.0. The van der Waals surface area contributed by atoms with Crippen molar-refractivity contribution in [3.8, 4) is 0 Å². The Labute approximate surface area is 170 Å². The number of amides is 1. The first kappa shape index (κ1) is 21.4. The van der Waals surface area contributed by atoms with E-state index in [-0.39, 0.29) is 17.1 Å². The third-order valence-electron chi connectivity index (χ3n) is 4.98. The monoisotopic (exact) mass is 439 g/mol. The van der Waals surface area contributed by atoms with Gasteiger partial charge in [0.05, 0.1) is 27.2 Å². The van der Waals surface area contributed by atoms with Crippen molar-refractivity contribution in [2.45, 2.75) is 36.3 Å². The van der Waals surface area contributed by atoms with Crippen LogP contribution in [0.5, 0.6) is 0 Å². The number of hydrogen-bond donors (Lipinski definition) is 1. The molecule has 0 spiro atoms. The average Bonchev–Trinajstić information content (AvgIpc) is 3.03. The normalized spacial score (nSPS) is 18.7. The third-order valence-corrected chi connectivity index (χ3v) is 9.15. The number of halogens is 1. The van der Waals surface area contributed by atoms with Crippen LogP contribution in [0.15, 0.2) is 47.4 Å². The lowest BCUT2D eigenvalue weighted by atomic mass is 10.0. The minimum atomic E-state index is -4.00. The Hall–Kier alpha value is -2.26. The standard InChI is InChI=1S/C20H22FNO5S2/c1-13(2)14-3-5-15(6-4-14)22-20(23)18-11-16(7-8-19(18)21)29(26,27)17-9-10-28(24,25)12-17/h3-8,11,13,17H,9-10,12H2,1-2H3,(H,22,23)/t17-/m0/s1. The highest BCUT2D eigenvalue weighted by atomic mass is 32.2. The molecule has 0 saturated carbocycles. The first-order valence-corrected chi connectivity index (χ1v) is 12.5. The second-order valence-corrected chi connectivity index (χ2v) is 11.9. The maximum atomic E-state index is 14.2. The zero-order valence-corrected chi connectivity index (χ0v) is 17.7. The van der Waals surface area contributed by atoms with E-state index in [1.165, 1.54) is 0 Å². The predicted molar refractivity (Wildman–Crippen MR) is 109 cm³/mol. The Morgan fingerprint density at radius 3 is 2.34 bits per heavy atom. The molecule has 0 bridgehead atoms. The van der Waals surface area contributed by atoms with E-state index in [1.807, 2.05) is 26.0 Å². The van der Waals surface area contributed by atoms with Gasteiger partial charge in [-0.2, -0.15) is 0 Å². The van der Waals surface area contributed by atoms with Crippen LogP contribution in [0.2, 0.25) is 0 Å². The van der Waals surface area contributed by atoms with Gasteiger partial charge in [-0.05, 0) is 48.2 Å².